The van der Waals surface area contributed by atoms with E-state index in [2.05, 4.69) is 201 Å². The molecule has 0 nitrogen and oxygen atoms in total. The maximum absolute atomic E-state index is 3.88. The van der Waals surface area contributed by atoms with Crippen molar-refractivity contribution in [1.29, 1.82) is 0 Å². The van der Waals surface area contributed by atoms with Crippen LogP contribution in [0.5, 0.6) is 0 Å². The predicted molar refractivity (Wildman–Crippen MR) is 257 cm³/mol. The van der Waals surface area contributed by atoms with Gasteiger partial charge < -0.3 is 0 Å². The summed E-state index contributed by atoms with van der Waals surface area (Å²) >= 11 is 1.48. The number of fused-ring (bicyclic) bond motifs is 3. The van der Waals surface area contributed by atoms with Crippen molar-refractivity contribution in [3.05, 3.63) is 202 Å². The van der Waals surface area contributed by atoms with Gasteiger partial charge >= 0.3 is 151 Å². The summed E-state index contributed by atoms with van der Waals surface area (Å²) in [5.74, 6) is 0. The Morgan fingerprint density at radius 3 is 1.55 bits per heavy atom. The number of aryl methyl sites for hydroxylation is 2. The molecule has 8 rings (SSSR count). The van der Waals surface area contributed by atoms with E-state index < -0.39 is 0 Å². The molecule has 0 bridgehead atoms. The molecular formula is C59H64Zr. The van der Waals surface area contributed by atoms with Gasteiger partial charge in [-0.05, 0) is 39.5 Å². The Morgan fingerprint density at radius 2 is 1.10 bits per heavy atom. The smallest absolute Gasteiger partial charge is 0.109 e. The van der Waals surface area contributed by atoms with E-state index in [-0.39, 0.29) is 10.8 Å². The van der Waals surface area contributed by atoms with Crippen molar-refractivity contribution < 1.29 is 24.2 Å². The Kier molecular flexibility index (Phi) is 15.7. The maximum atomic E-state index is 3.88. The molecule has 0 saturated heterocycles. The summed E-state index contributed by atoms with van der Waals surface area (Å²) in [4.78, 5) is 0. The summed E-state index contributed by atoms with van der Waals surface area (Å²) < 4.78 is 1.45. The van der Waals surface area contributed by atoms with Gasteiger partial charge in [-0.15, -0.1) is 35.2 Å². The number of benzene rings is 6. The summed E-state index contributed by atoms with van der Waals surface area (Å²) in [6.07, 6.45) is 18.5. The third kappa shape index (κ3) is 11.7. The van der Waals surface area contributed by atoms with E-state index in [1.54, 1.807) is 0 Å². The maximum Gasteiger partial charge on any atom is -0.109 e. The molecule has 2 aliphatic rings. The van der Waals surface area contributed by atoms with Crippen LogP contribution in [0.25, 0.3) is 33.4 Å². The van der Waals surface area contributed by atoms with Crippen molar-refractivity contribution in [3.63, 3.8) is 0 Å². The van der Waals surface area contributed by atoms with Gasteiger partial charge in [0.2, 0.25) is 0 Å². The molecule has 0 amide bonds. The van der Waals surface area contributed by atoms with E-state index in [1.807, 2.05) is 12.2 Å². The second-order valence-corrected chi connectivity index (χ2v) is 19.6. The molecule has 1 heteroatoms. The SMILES string of the molecule is CC(C)(C)c1cc2c([c-]c1-c1ccccc1)Cc1cc(-c3ccccc3)c(C(C)(C)C)cc1-2.CCCCc1ccc([C](=[Zr+2])c2ccc(CCCC)cc2)cc1.[C-]1=CC=CC1. The average molecular weight is 864 g/mol. The molecule has 2 aliphatic carbocycles. The second-order valence-electron chi connectivity index (χ2n) is 18.4. The first kappa shape index (κ1) is 45.1. The van der Waals surface area contributed by atoms with Gasteiger partial charge in [0.05, 0.1) is 0 Å². The van der Waals surface area contributed by atoms with Crippen LogP contribution in [0.1, 0.15) is 132 Å². The number of unbranched alkanes of at least 4 members (excludes halogenated alkanes) is 2. The van der Waals surface area contributed by atoms with E-state index in [0.717, 1.165) is 12.8 Å². The predicted octanol–water partition coefficient (Wildman–Crippen LogP) is 15.8. The van der Waals surface area contributed by atoms with Crippen LogP contribution in [0.4, 0.5) is 0 Å². The summed E-state index contributed by atoms with van der Waals surface area (Å²) in [5.41, 5.74) is 19.2. The molecule has 304 valence electrons. The van der Waals surface area contributed by atoms with Crippen molar-refractivity contribution >= 4 is 3.21 Å². The topological polar surface area (TPSA) is 0 Å². The van der Waals surface area contributed by atoms with Gasteiger partial charge in [0, 0.05) is 0 Å². The Morgan fingerprint density at radius 1 is 0.583 bits per heavy atom. The van der Waals surface area contributed by atoms with Crippen molar-refractivity contribution in [3.8, 4) is 33.4 Å². The normalized spacial score (nSPS) is 12.6. The molecular weight excluding hydrogens is 800 g/mol. The van der Waals surface area contributed by atoms with E-state index >= 15 is 0 Å². The quantitative estimate of drug-likeness (QED) is 0.120. The molecule has 6 aromatic carbocycles. The standard InChI is InChI=1S/C33H33.C21H26.C5H5.Zr/c1-32(2,3)30-20-26-24(18-28(30)22-13-9-7-10-14-22)17-25-19-29(23-15-11-8-12-16-23)31(21-27(25)26)33(4,5)6;1-3-5-7-18-9-13-20(14-10-18)17-21-15-11-19(12-16-21)8-6-4-2;1-2-4-5-3-1;/h7-16,18,20-21H,17H2,1-6H3;9-16H,3-8H2,1-2H3;1-3H,4H2;/q-1;;-1;+2. The molecule has 0 unspecified atom stereocenters. The minimum absolute atomic E-state index is 0.0380. The number of allylic oxidation sites excluding steroid dienone is 4. The number of hydrogen-bond donors (Lipinski definition) is 0. The Bertz CT molecular complexity index is 2210. The van der Waals surface area contributed by atoms with Gasteiger partial charge in [0.15, 0.2) is 0 Å². The number of rotatable bonds is 10. The van der Waals surface area contributed by atoms with Crippen LogP contribution >= 0.6 is 0 Å². The molecule has 0 spiro atoms. The van der Waals surface area contributed by atoms with Crippen LogP contribution in [0, 0.1) is 12.1 Å². The molecule has 0 radical (unpaired) electrons. The third-order valence-corrected chi connectivity index (χ3v) is 13.0. The monoisotopic (exact) mass is 862 g/mol. The zero-order valence-electron chi connectivity index (χ0n) is 37.5. The zero-order chi connectivity index (χ0) is 42.7. The molecule has 0 aromatic heterocycles. The van der Waals surface area contributed by atoms with E-state index in [0.29, 0.717) is 0 Å². The molecule has 0 fully saturated rings. The van der Waals surface area contributed by atoms with Gasteiger partial charge in [0.25, 0.3) is 0 Å². The van der Waals surface area contributed by atoms with Crippen LogP contribution in [-0.2, 0) is 54.3 Å². The molecule has 6 aromatic rings. The fraction of sp³-hybridized carbons (Fsp3) is 0.305. The van der Waals surface area contributed by atoms with Crippen molar-refractivity contribution in [2.24, 2.45) is 0 Å². The van der Waals surface area contributed by atoms with Crippen molar-refractivity contribution in [1.82, 2.24) is 0 Å². The van der Waals surface area contributed by atoms with Crippen LogP contribution in [0.3, 0.4) is 0 Å². The van der Waals surface area contributed by atoms with Gasteiger partial charge in [0.1, 0.15) is 0 Å². The zero-order valence-corrected chi connectivity index (χ0v) is 40.0. The minimum Gasteiger partial charge on any atom is -0.273 e. The van der Waals surface area contributed by atoms with Crippen molar-refractivity contribution in [2.45, 2.75) is 118 Å². The Hall–Kier alpha value is -4.45. The first-order chi connectivity index (χ1) is 28.9. The molecule has 0 heterocycles. The van der Waals surface area contributed by atoms with Gasteiger partial charge in [-0.2, -0.15) is 6.08 Å². The largest absolute Gasteiger partial charge is 0.273 e. The van der Waals surface area contributed by atoms with Gasteiger partial charge in [-0.25, -0.2) is 12.2 Å². The third-order valence-electron chi connectivity index (χ3n) is 11.5. The fourth-order valence-electron chi connectivity index (χ4n) is 8.05. The number of hydrogen-bond acceptors (Lipinski definition) is 0. The average Bonchev–Trinajstić information content (AvgIpc) is 3.97. The van der Waals surface area contributed by atoms with E-state index in [1.165, 1.54) is 144 Å². The van der Waals surface area contributed by atoms with E-state index in [9.17, 15) is 0 Å². The van der Waals surface area contributed by atoms with Crippen LogP contribution in [0.15, 0.2) is 146 Å². The Labute approximate surface area is 378 Å². The fourth-order valence-corrected chi connectivity index (χ4v) is 8.87. The van der Waals surface area contributed by atoms with Crippen LogP contribution in [0.2, 0.25) is 0 Å². The first-order valence-corrected chi connectivity index (χ1v) is 23.5. The molecule has 0 saturated carbocycles. The molecule has 0 aliphatic heterocycles. The molecule has 0 N–H and O–H groups in total. The minimum atomic E-state index is 0.0380. The first-order valence-electron chi connectivity index (χ1n) is 22.2. The van der Waals surface area contributed by atoms with Crippen LogP contribution in [-0.4, -0.2) is 3.21 Å². The molecule has 60 heavy (non-hydrogen) atoms. The second kappa shape index (κ2) is 20.9. The summed E-state index contributed by atoms with van der Waals surface area (Å²) in [6.45, 7) is 18.4. The Balaban J connectivity index is 0.000000192. The molecule has 0 atom stereocenters. The van der Waals surface area contributed by atoms with Crippen LogP contribution < -0.4 is 0 Å². The summed E-state index contributed by atoms with van der Waals surface area (Å²) in [5, 5.41) is 0. The summed E-state index contributed by atoms with van der Waals surface area (Å²) in [7, 11) is 0. The summed E-state index contributed by atoms with van der Waals surface area (Å²) in [6, 6.07) is 51.2. The van der Waals surface area contributed by atoms with Gasteiger partial charge in [-0.3, -0.25) is 6.08 Å². The van der Waals surface area contributed by atoms with Gasteiger partial charge in [-0.1, -0.05) is 131 Å². The van der Waals surface area contributed by atoms with Crippen molar-refractivity contribution in [2.75, 3.05) is 0 Å². The van der Waals surface area contributed by atoms with E-state index in [4.69, 9.17) is 0 Å².